The zero-order chi connectivity index (χ0) is 17.9. The predicted molar refractivity (Wildman–Crippen MR) is 95.6 cm³/mol. The van der Waals surface area contributed by atoms with E-state index < -0.39 is 5.60 Å². The fourth-order valence-corrected chi connectivity index (χ4v) is 4.06. The molecule has 1 N–H and O–H groups in total. The number of aliphatic hydroxyl groups is 1. The quantitative estimate of drug-likeness (QED) is 0.860. The van der Waals surface area contributed by atoms with Gasteiger partial charge in [0.1, 0.15) is 0 Å². The van der Waals surface area contributed by atoms with Gasteiger partial charge in [-0.15, -0.1) is 0 Å². The zero-order valence-corrected chi connectivity index (χ0v) is 15.0. The third-order valence-electron chi connectivity index (χ3n) is 5.49. The maximum Gasteiger partial charge on any atom is 0.228 e. The molecular weight excluding hydrogens is 316 g/mol. The smallest absolute Gasteiger partial charge is 0.228 e. The van der Waals surface area contributed by atoms with Crippen LogP contribution in [0.3, 0.4) is 0 Å². The summed E-state index contributed by atoms with van der Waals surface area (Å²) < 4.78 is 0. The molecule has 0 radical (unpaired) electrons. The lowest BCUT2D eigenvalue weighted by molar-refractivity contribution is -0.140. The lowest BCUT2D eigenvalue weighted by atomic mass is 9.99. The molecule has 2 fully saturated rings. The molecule has 1 saturated heterocycles. The van der Waals surface area contributed by atoms with Gasteiger partial charge in [0, 0.05) is 32.6 Å². The standard InChI is InChI=1S/C20H28N2O3/c1-2-21-14-17(12-18(21)23)19(24)22(13-16-8-4-3-5-9-16)15-20(25)10-6-7-11-20/h3-5,8-9,17,25H,2,6-7,10-15H2,1H3/t17-/m1/s1. The van der Waals surface area contributed by atoms with Crippen molar-refractivity contribution in [2.24, 2.45) is 5.92 Å². The second kappa shape index (κ2) is 7.56. The largest absolute Gasteiger partial charge is 0.388 e. The number of carbonyl (C=O) groups excluding carboxylic acids is 2. The molecular formula is C20H28N2O3. The van der Waals surface area contributed by atoms with Crippen molar-refractivity contribution >= 4 is 11.8 Å². The Morgan fingerprint density at radius 2 is 1.96 bits per heavy atom. The van der Waals surface area contributed by atoms with Crippen LogP contribution in [-0.2, 0) is 16.1 Å². The fourth-order valence-electron chi connectivity index (χ4n) is 4.06. The first-order valence-corrected chi connectivity index (χ1v) is 9.33. The van der Waals surface area contributed by atoms with Crippen LogP contribution < -0.4 is 0 Å². The molecule has 1 aliphatic heterocycles. The Labute approximate surface area is 149 Å². The van der Waals surface area contributed by atoms with Crippen LogP contribution in [0.5, 0.6) is 0 Å². The van der Waals surface area contributed by atoms with Gasteiger partial charge in [-0.05, 0) is 25.3 Å². The van der Waals surface area contributed by atoms with Crippen molar-refractivity contribution in [2.75, 3.05) is 19.6 Å². The summed E-state index contributed by atoms with van der Waals surface area (Å²) in [5, 5.41) is 10.8. The van der Waals surface area contributed by atoms with Gasteiger partial charge in [0.05, 0.1) is 11.5 Å². The van der Waals surface area contributed by atoms with Crippen LogP contribution in [0.4, 0.5) is 0 Å². The van der Waals surface area contributed by atoms with Gasteiger partial charge >= 0.3 is 0 Å². The van der Waals surface area contributed by atoms with Crippen molar-refractivity contribution in [1.82, 2.24) is 9.80 Å². The van der Waals surface area contributed by atoms with Crippen LogP contribution >= 0.6 is 0 Å². The van der Waals surface area contributed by atoms with Gasteiger partial charge in [0.25, 0.3) is 0 Å². The van der Waals surface area contributed by atoms with E-state index in [1.165, 1.54) is 0 Å². The van der Waals surface area contributed by atoms with E-state index in [1.807, 2.05) is 37.3 Å². The molecule has 0 spiro atoms. The number of benzene rings is 1. The summed E-state index contributed by atoms with van der Waals surface area (Å²) in [6.07, 6.45) is 3.80. The zero-order valence-electron chi connectivity index (χ0n) is 15.0. The lowest BCUT2D eigenvalue weighted by Gasteiger charge is -2.33. The highest BCUT2D eigenvalue weighted by atomic mass is 16.3. The number of hydrogen-bond donors (Lipinski definition) is 1. The number of likely N-dealkylation sites (tertiary alicyclic amines) is 1. The number of carbonyl (C=O) groups is 2. The van der Waals surface area contributed by atoms with Gasteiger partial charge in [-0.3, -0.25) is 9.59 Å². The van der Waals surface area contributed by atoms with Gasteiger partial charge < -0.3 is 14.9 Å². The maximum absolute atomic E-state index is 13.1. The van der Waals surface area contributed by atoms with Crippen LogP contribution in [0.2, 0.25) is 0 Å². The van der Waals surface area contributed by atoms with E-state index in [4.69, 9.17) is 0 Å². The van der Waals surface area contributed by atoms with Gasteiger partial charge in [-0.25, -0.2) is 0 Å². The summed E-state index contributed by atoms with van der Waals surface area (Å²) in [5.41, 5.74) is 0.270. The van der Waals surface area contributed by atoms with Gasteiger partial charge in [0.15, 0.2) is 0 Å². The van der Waals surface area contributed by atoms with E-state index in [2.05, 4.69) is 0 Å². The van der Waals surface area contributed by atoms with Crippen molar-refractivity contribution in [2.45, 2.75) is 51.2 Å². The molecule has 2 aliphatic rings. The number of hydrogen-bond acceptors (Lipinski definition) is 3. The molecule has 3 rings (SSSR count). The first-order valence-electron chi connectivity index (χ1n) is 9.33. The number of rotatable bonds is 6. The lowest BCUT2D eigenvalue weighted by Crippen LogP contribution is -2.46. The number of amides is 2. The normalized spacial score (nSPS) is 22.4. The predicted octanol–water partition coefficient (Wildman–Crippen LogP) is 2.19. The summed E-state index contributed by atoms with van der Waals surface area (Å²) in [7, 11) is 0. The Morgan fingerprint density at radius 1 is 1.28 bits per heavy atom. The molecule has 1 aliphatic carbocycles. The fraction of sp³-hybridized carbons (Fsp3) is 0.600. The average molecular weight is 344 g/mol. The van der Waals surface area contributed by atoms with Gasteiger partial charge in [0.2, 0.25) is 11.8 Å². The van der Waals surface area contributed by atoms with Crippen LogP contribution in [-0.4, -0.2) is 52.0 Å². The minimum Gasteiger partial charge on any atom is -0.388 e. The average Bonchev–Trinajstić information content (AvgIpc) is 3.20. The Kier molecular flexibility index (Phi) is 5.42. The van der Waals surface area contributed by atoms with Crippen molar-refractivity contribution in [3.63, 3.8) is 0 Å². The van der Waals surface area contributed by atoms with Crippen LogP contribution in [0.1, 0.15) is 44.6 Å². The molecule has 1 saturated carbocycles. The van der Waals surface area contributed by atoms with E-state index in [-0.39, 0.29) is 24.2 Å². The van der Waals surface area contributed by atoms with Crippen molar-refractivity contribution < 1.29 is 14.7 Å². The molecule has 5 heteroatoms. The Balaban J connectivity index is 1.75. The molecule has 1 aromatic rings. The topological polar surface area (TPSA) is 60.9 Å². The third kappa shape index (κ3) is 4.21. The molecule has 2 amide bonds. The maximum atomic E-state index is 13.1. The summed E-state index contributed by atoms with van der Waals surface area (Å²) in [6, 6.07) is 9.86. The summed E-state index contributed by atoms with van der Waals surface area (Å²) in [4.78, 5) is 28.7. The van der Waals surface area contributed by atoms with Crippen molar-refractivity contribution in [3.05, 3.63) is 35.9 Å². The second-order valence-corrected chi connectivity index (χ2v) is 7.44. The van der Waals surface area contributed by atoms with Crippen LogP contribution in [0, 0.1) is 5.92 Å². The number of nitrogens with zero attached hydrogens (tertiary/aromatic N) is 2. The summed E-state index contributed by atoms with van der Waals surface area (Å²) in [5.74, 6) is -0.241. The molecule has 1 heterocycles. The SMILES string of the molecule is CCN1C[C@H](C(=O)N(Cc2ccccc2)CC2(O)CCCC2)CC1=O. The Hall–Kier alpha value is -1.88. The van der Waals surface area contributed by atoms with Crippen LogP contribution in [0.15, 0.2) is 30.3 Å². The molecule has 5 nitrogen and oxygen atoms in total. The Bertz CT molecular complexity index is 611. The third-order valence-corrected chi connectivity index (χ3v) is 5.49. The molecule has 1 atom stereocenters. The second-order valence-electron chi connectivity index (χ2n) is 7.44. The minimum atomic E-state index is -0.780. The van der Waals surface area contributed by atoms with E-state index in [0.29, 0.717) is 26.2 Å². The van der Waals surface area contributed by atoms with Crippen LogP contribution in [0.25, 0.3) is 0 Å². The first-order chi connectivity index (χ1) is 12.0. The molecule has 25 heavy (non-hydrogen) atoms. The molecule has 0 aromatic heterocycles. The van der Waals surface area contributed by atoms with Gasteiger partial charge in [-0.2, -0.15) is 0 Å². The monoisotopic (exact) mass is 344 g/mol. The molecule has 1 aromatic carbocycles. The molecule has 136 valence electrons. The summed E-state index contributed by atoms with van der Waals surface area (Å²) >= 11 is 0. The Morgan fingerprint density at radius 3 is 2.56 bits per heavy atom. The molecule has 0 bridgehead atoms. The highest BCUT2D eigenvalue weighted by Gasteiger charge is 2.39. The van der Waals surface area contributed by atoms with E-state index in [0.717, 1.165) is 31.2 Å². The van der Waals surface area contributed by atoms with Crippen molar-refractivity contribution in [1.29, 1.82) is 0 Å². The minimum absolute atomic E-state index is 0.00604. The highest BCUT2D eigenvalue weighted by Crippen LogP contribution is 2.31. The highest BCUT2D eigenvalue weighted by molar-refractivity contribution is 5.89. The van der Waals surface area contributed by atoms with Gasteiger partial charge in [-0.1, -0.05) is 43.2 Å². The summed E-state index contributed by atoms with van der Waals surface area (Å²) in [6.45, 7) is 3.92. The van der Waals surface area contributed by atoms with E-state index in [1.54, 1.807) is 9.80 Å². The van der Waals surface area contributed by atoms with E-state index >= 15 is 0 Å². The molecule has 0 unspecified atom stereocenters. The van der Waals surface area contributed by atoms with Crippen molar-refractivity contribution in [3.8, 4) is 0 Å². The van der Waals surface area contributed by atoms with E-state index in [9.17, 15) is 14.7 Å². The first kappa shape index (κ1) is 17.9.